The first kappa shape index (κ1) is 14.5. The number of piperidine rings is 1. The maximum Gasteiger partial charge on any atom is 0.224 e. The molecule has 0 aromatic rings. The lowest BCUT2D eigenvalue weighted by Crippen LogP contribution is -2.43. The standard InChI is InChI=1S/C13H26N2O2/c1-4-17-11-5-7-15(8-6-11)13(16)9-12(14)10(2)3/h10-12H,4-9,14H2,1-3H3. The van der Waals surface area contributed by atoms with E-state index in [1.54, 1.807) is 0 Å². The smallest absolute Gasteiger partial charge is 0.224 e. The zero-order chi connectivity index (χ0) is 12.8. The number of ether oxygens (including phenoxy) is 1. The van der Waals surface area contributed by atoms with Crippen molar-refractivity contribution < 1.29 is 9.53 Å². The van der Waals surface area contributed by atoms with Crippen LogP contribution in [0.5, 0.6) is 0 Å². The van der Waals surface area contributed by atoms with Crippen LogP contribution >= 0.6 is 0 Å². The third-order valence-corrected chi connectivity index (χ3v) is 3.46. The molecule has 0 aromatic heterocycles. The molecule has 1 rings (SSSR count). The van der Waals surface area contributed by atoms with Crippen molar-refractivity contribution in [3.05, 3.63) is 0 Å². The van der Waals surface area contributed by atoms with Crippen LogP contribution in [0.3, 0.4) is 0 Å². The van der Waals surface area contributed by atoms with Crippen LogP contribution in [0.1, 0.15) is 40.0 Å². The van der Waals surface area contributed by atoms with Crippen LogP contribution in [-0.4, -0.2) is 42.6 Å². The van der Waals surface area contributed by atoms with Crippen LogP contribution < -0.4 is 5.73 Å². The van der Waals surface area contributed by atoms with Crippen LogP contribution in [0.4, 0.5) is 0 Å². The molecule has 0 spiro atoms. The molecule has 0 radical (unpaired) electrons. The third-order valence-electron chi connectivity index (χ3n) is 3.46. The number of nitrogens with zero attached hydrogens (tertiary/aromatic N) is 1. The van der Waals surface area contributed by atoms with E-state index in [-0.39, 0.29) is 11.9 Å². The first-order valence-electron chi connectivity index (χ1n) is 6.69. The van der Waals surface area contributed by atoms with Crippen molar-refractivity contribution in [2.45, 2.75) is 52.2 Å². The molecule has 0 bridgehead atoms. The summed E-state index contributed by atoms with van der Waals surface area (Å²) in [5.74, 6) is 0.557. The molecule has 1 fully saturated rings. The molecule has 1 saturated heterocycles. The van der Waals surface area contributed by atoms with Gasteiger partial charge in [0.05, 0.1) is 6.10 Å². The second-order valence-corrected chi connectivity index (χ2v) is 5.15. The van der Waals surface area contributed by atoms with Crippen molar-refractivity contribution in [3.8, 4) is 0 Å². The molecule has 1 aliphatic rings. The molecule has 2 N–H and O–H groups in total. The Hall–Kier alpha value is -0.610. The first-order valence-corrected chi connectivity index (χ1v) is 6.69. The lowest BCUT2D eigenvalue weighted by Gasteiger charge is -2.32. The number of nitrogens with two attached hydrogens (primary N) is 1. The minimum atomic E-state index is -0.0212. The second kappa shape index (κ2) is 6.97. The van der Waals surface area contributed by atoms with Crippen molar-refractivity contribution in [2.24, 2.45) is 11.7 Å². The van der Waals surface area contributed by atoms with Gasteiger partial charge in [-0.15, -0.1) is 0 Å². The van der Waals surface area contributed by atoms with Crippen molar-refractivity contribution in [2.75, 3.05) is 19.7 Å². The van der Waals surface area contributed by atoms with Crippen LogP contribution in [0.2, 0.25) is 0 Å². The molecule has 1 aliphatic heterocycles. The summed E-state index contributed by atoms with van der Waals surface area (Å²) >= 11 is 0. The van der Waals surface area contributed by atoms with Crippen LogP contribution in [0.25, 0.3) is 0 Å². The number of likely N-dealkylation sites (tertiary alicyclic amines) is 1. The molecule has 0 aliphatic carbocycles. The molecular formula is C13H26N2O2. The van der Waals surface area contributed by atoms with Gasteiger partial charge in [-0.2, -0.15) is 0 Å². The largest absolute Gasteiger partial charge is 0.378 e. The van der Waals surface area contributed by atoms with Gasteiger partial charge in [0.15, 0.2) is 0 Å². The number of rotatable bonds is 5. The molecule has 1 atom stereocenters. The monoisotopic (exact) mass is 242 g/mol. The van der Waals surface area contributed by atoms with E-state index in [1.165, 1.54) is 0 Å². The van der Waals surface area contributed by atoms with Crippen LogP contribution in [-0.2, 0) is 9.53 Å². The number of amides is 1. The molecule has 1 unspecified atom stereocenters. The lowest BCUT2D eigenvalue weighted by molar-refractivity contribution is -0.134. The van der Waals surface area contributed by atoms with E-state index < -0.39 is 0 Å². The Labute approximate surface area is 104 Å². The summed E-state index contributed by atoms with van der Waals surface area (Å²) in [6.45, 7) is 8.51. The van der Waals surface area contributed by atoms with Crippen molar-refractivity contribution in [1.82, 2.24) is 4.90 Å². The maximum atomic E-state index is 12.0. The topological polar surface area (TPSA) is 55.6 Å². The summed E-state index contributed by atoms with van der Waals surface area (Å²) < 4.78 is 5.57. The van der Waals surface area contributed by atoms with Gasteiger partial charge in [0.25, 0.3) is 0 Å². The first-order chi connectivity index (χ1) is 8.04. The summed E-state index contributed by atoms with van der Waals surface area (Å²) in [6.07, 6.45) is 2.71. The minimum absolute atomic E-state index is 0.0212. The Morgan fingerprint density at radius 2 is 2.00 bits per heavy atom. The van der Waals surface area contributed by atoms with Gasteiger partial charge in [0, 0.05) is 32.2 Å². The van der Waals surface area contributed by atoms with E-state index in [1.807, 2.05) is 11.8 Å². The molecular weight excluding hydrogens is 216 g/mol. The van der Waals surface area contributed by atoms with Gasteiger partial charge in [-0.1, -0.05) is 13.8 Å². The van der Waals surface area contributed by atoms with Gasteiger partial charge in [-0.25, -0.2) is 0 Å². The fourth-order valence-corrected chi connectivity index (χ4v) is 2.07. The van der Waals surface area contributed by atoms with Gasteiger partial charge < -0.3 is 15.4 Å². The van der Waals surface area contributed by atoms with Gasteiger partial charge >= 0.3 is 0 Å². The number of carbonyl (C=O) groups excluding carboxylic acids is 1. The molecule has 1 heterocycles. The van der Waals surface area contributed by atoms with E-state index >= 15 is 0 Å². The van der Waals surface area contributed by atoms with E-state index in [4.69, 9.17) is 10.5 Å². The SMILES string of the molecule is CCOC1CCN(C(=O)CC(N)C(C)C)CC1. The Morgan fingerprint density at radius 3 is 2.47 bits per heavy atom. The van der Waals surface area contributed by atoms with Gasteiger partial charge in [0.1, 0.15) is 0 Å². The molecule has 0 saturated carbocycles. The highest BCUT2D eigenvalue weighted by atomic mass is 16.5. The highest BCUT2D eigenvalue weighted by Gasteiger charge is 2.24. The fourth-order valence-electron chi connectivity index (χ4n) is 2.07. The molecule has 100 valence electrons. The van der Waals surface area contributed by atoms with Crippen molar-refractivity contribution in [3.63, 3.8) is 0 Å². The maximum absolute atomic E-state index is 12.0. The molecule has 4 heteroatoms. The summed E-state index contributed by atoms with van der Waals surface area (Å²) in [5, 5.41) is 0. The van der Waals surface area contributed by atoms with Crippen molar-refractivity contribution >= 4 is 5.91 Å². The molecule has 0 aromatic carbocycles. The average Bonchev–Trinajstić information content (AvgIpc) is 2.30. The van der Waals surface area contributed by atoms with E-state index in [0.29, 0.717) is 18.4 Å². The Kier molecular flexibility index (Phi) is 5.92. The summed E-state index contributed by atoms with van der Waals surface area (Å²) in [6, 6.07) is -0.0212. The summed E-state index contributed by atoms with van der Waals surface area (Å²) in [7, 11) is 0. The van der Waals surface area contributed by atoms with Crippen LogP contribution in [0.15, 0.2) is 0 Å². The molecule has 1 amide bonds. The number of hydrogen-bond acceptors (Lipinski definition) is 3. The van der Waals surface area contributed by atoms with E-state index in [9.17, 15) is 4.79 Å². The predicted molar refractivity (Wildman–Crippen MR) is 68.7 cm³/mol. The third kappa shape index (κ3) is 4.64. The Bertz CT molecular complexity index is 236. The molecule has 17 heavy (non-hydrogen) atoms. The van der Waals surface area contributed by atoms with E-state index in [0.717, 1.165) is 32.5 Å². The Morgan fingerprint density at radius 1 is 1.41 bits per heavy atom. The second-order valence-electron chi connectivity index (χ2n) is 5.15. The normalized spacial score (nSPS) is 19.7. The number of hydrogen-bond donors (Lipinski definition) is 1. The fraction of sp³-hybridized carbons (Fsp3) is 0.923. The zero-order valence-electron chi connectivity index (χ0n) is 11.3. The average molecular weight is 242 g/mol. The van der Waals surface area contributed by atoms with E-state index in [2.05, 4.69) is 13.8 Å². The number of carbonyl (C=O) groups is 1. The highest BCUT2D eigenvalue weighted by molar-refractivity contribution is 5.76. The van der Waals surface area contributed by atoms with Gasteiger partial charge in [-0.3, -0.25) is 4.79 Å². The summed E-state index contributed by atoms with van der Waals surface area (Å²) in [5.41, 5.74) is 5.93. The van der Waals surface area contributed by atoms with Crippen LogP contribution in [0, 0.1) is 5.92 Å². The minimum Gasteiger partial charge on any atom is -0.378 e. The van der Waals surface area contributed by atoms with Gasteiger partial charge in [-0.05, 0) is 25.7 Å². The lowest BCUT2D eigenvalue weighted by atomic mass is 10.0. The highest BCUT2D eigenvalue weighted by Crippen LogP contribution is 2.15. The molecule has 4 nitrogen and oxygen atoms in total. The van der Waals surface area contributed by atoms with Gasteiger partial charge in [0.2, 0.25) is 5.91 Å². The van der Waals surface area contributed by atoms with Crippen molar-refractivity contribution in [1.29, 1.82) is 0 Å². The zero-order valence-corrected chi connectivity index (χ0v) is 11.3. The quantitative estimate of drug-likeness (QED) is 0.792. The summed E-state index contributed by atoms with van der Waals surface area (Å²) in [4.78, 5) is 13.9. The predicted octanol–water partition coefficient (Wildman–Crippen LogP) is 1.39. The Balaban J connectivity index is 2.31.